The molecule has 0 radical (unpaired) electrons. The van der Waals surface area contributed by atoms with Crippen LogP contribution in [0.3, 0.4) is 0 Å². The van der Waals surface area contributed by atoms with E-state index in [-0.39, 0.29) is 17.9 Å². The van der Waals surface area contributed by atoms with Crippen molar-refractivity contribution in [3.63, 3.8) is 0 Å². The summed E-state index contributed by atoms with van der Waals surface area (Å²) in [4.78, 5) is 15.1. The quantitative estimate of drug-likeness (QED) is 0.826. The van der Waals surface area contributed by atoms with Crippen molar-refractivity contribution < 1.29 is 13.9 Å². The van der Waals surface area contributed by atoms with Crippen LogP contribution in [0.4, 0.5) is 10.1 Å². The number of halogens is 1. The van der Waals surface area contributed by atoms with Gasteiger partial charge in [-0.1, -0.05) is 37.3 Å². The number of carbonyl (C=O) groups is 1. The van der Waals surface area contributed by atoms with E-state index in [9.17, 15) is 9.18 Å². The molecule has 0 amide bonds. The average Bonchev–Trinajstić information content (AvgIpc) is 2.65. The van der Waals surface area contributed by atoms with Crippen LogP contribution in [0.5, 0.6) is 0 Å². The van der Waals surface area contributed by atoms with Gasteiger partial charge in [0.25, 0.3) is 0 Å². The Labute approximate surface area is 154 Å². The standard InChI is InChI=1S/C21H25FN2O2/c1-15-12-13-24(2)14-19(15)26-21(25)20(16-6-4-3-5-7-16)23-18-10-8-17(22)9-11-18/h3-11,15,19-20,23H,12-14H2,1-2H3/t15?,19-,20+/m0/s1. The van der Waals surface area contributed by atoms with E-state index in [1.54, 1.807) is 12.1 Å². The Bertz CT molecular complexity index is 721. The third kappa shape index (κ3) is 4.61. The van der Waals surface area contributed by atoms with E-state index < -0.39 is 6.04 Å². The highest BCUT2D eigenvalue weighted by Crippen LogP contribution is 2.25. The normalized spacial score (nSPS) is 21.8. The molecular formula is C21H25FN2O2. The predicted octanol–water partition coefficient (Wildman–Crippen LogP) is 3.86. The lowest BCUT2D eigenvalue weighted by Crippen LogP contribution is -2.44. The van der Waals surface area contributed by atoms with Gasteiger partial charge in [-0.2, -0.15) is 0 Å². The molecule has 1 aliphatic rings. The predicted molar refractivity (Wildman–Crippen MR) is 100 cm³/mol. The number of likely N-dealkylation sites (tertiary alicyclic amines) is 1. The van der Waals surface area contributed by atoms with E-state index in [1.165, 1.54) is 12.1 Å². The van der Waals surface area contributed by atoms with Crippen molar-refractivity contribution in [2.75, 3.05) is 25.5 Å². The van der Waals surface area contributed by atoms with Gasteiger partial charge in [0.1, 0.15) is 11.9 Å². The van der Waals surface area contributed by atoms with Crippen molar-refractivity contribution in [2.24, 2.45) is 5.92 Å². The summed E-state index contributed by atoms with van der Waals surface area (Å²) in [5.74, 6) is -0.293. The van der Waals surface area contributed by atoms with Crippen molar-refractivity contribution in [1.82, 2.24) is 4.90 Å². The summed E-state index contributed by atoms with van der Waals surface area (Å²) < 4.78 is 19.0. The zero-order chi connectivity index (χ0) is 18.5. The largest absolute Gasteiger partial charge is 0.459 e. The lowest BCUT2D eigenvalue weighted by Gasteiger charge is -2.35. The van der Waals surface area contributed by atoms with Crippen LogP contribution >= 0.6 is 0 Å². The number of nitrogens with one attached hydrogen (secondary N) is 1. The van der Waals surface area contributed by atoms with Gasteiger partial charge in [0.05, 0.1) is 0 Å². The van der Waals surface area contributed by atoms with Gasteiger partial charge < -0.3 is 15.0 Å². The van der Waals surface area contributed by atoms with Crippen LogP contribution in [0.15, 0.2) is 54.6 Å². The number of ether oxygens (including phenoxy) is 1. The van der Waals surface area contributed by atoms with Gasteiger partial charge in [-0.25, -0.2) is 9.18 Å². The van der Waals surface area contributed by atoms with Crippen LogP contribution in [0.1, 0.15) is 24.9 Å². The number of likely N-dealkylation sites (N-methyl/N-ethyl adjacent to an activating group) is 1. The highest BCUT2D eigenvalue weighted by molar-refractivity contribution is 5.81. The maximum atomic E-state index is 13.2. The molecule has 2 aromatic carbocycles. The molecule has 26 heavy (non-hydrogen) atoms. The molecule has 3 atom stereocenters. The Morgan fingerprint density at radius 3 is 2.58 bits per heavy atom. The lowest BCUT2D eigenvalue weighted by atomic mass is 9.96. The number of carbonyl (C=O) groups excluding carboxylic acids is 1. The fourth-order valence-corrected chi connectivity index (χ4v) is 3.20. The fraction of sp³-hybridized carbons (Fsp3) is 0.381. The number of hydrogen-bond donors (Lipinski definition) is 1. The topological polar surface area (TPSA) is 41.6 Å². The summed E-state index contributed by atoms with van der Waals surface area (Å²) in [6.45, 7) is 3.88. The Morgan fingerprint density at radius 2 is 1.88 bits per heavy atom. The Morgan fingerprint density at radius 1 is 1.19 bits per heavy atom. The minimum absolute atomic E-state index is 0.123. The van der Waals surface area contributed by atoms with Crippen LogP contribution in [0.2, 0.25) is 0 Å². The van der Waals surface area contributed by atoms with Gasteiger partial charge in [-0.15, -0.1) is 0 Å². The number of hydrogen-bond acceptors (Lipinski definition) is 4. The van der Waals surface area contributed by atoms with E-state index in [1.807, 2.05) is 37.4 Å². The summed E-state index contributed by atoms with van der Waals surface area (Å²) >= 11 is 0. The first kappa shape index (κ1) is 18.4. The molecule has 0 aromatic heterocycles. The number of piperidine rings is 1. The minimum atomic E-state index is -0.638. The molecular weight excluding hydrogens is 331 g/mol. The van der Waals surface area contributed by atoms with E-state index in [4.69, 9.17) is 4.74 Å². The molecule has 0 aliphatic carbocycles. The smallest absolute Gasteiger partial charge is 0.333 e. The van der Waals surface area contributed by atoms with Crippen molar-refractivity contribution in [3.05, 3.63) is 66.0 Å². The molecule has 1 fully saturated rings. The molecule has 2 aromatic rings. The maximum absolute atomic E-state index is 13.2. The van der Waals surface area contributed by atoms with Gasteiger partial charge in [-0.05, 0) is 55.8 Å². The summed E-state index contributed by atoms with van der Waals surface area (Å²) in [6, 6.07) is 14.8. The van der Waals surface area contributed by atoms with E-state index in [0.29, 0.717) is 11.6 Å². The SMILES string of the molecule is CC1CCN(C)C[C@@H]1OC(=O)[C@H](Nc1ccc(F)cc1)c1ccccc1. The number of nitrogens with zero attached hydrogens (tertiary/aromatic N) is 1. The van der Waals surface area contributed by atoms with Crippen molar-refractivity contribution in [3.8, 4) is 0 Å². The second-order valence-corrected chi connectivity index (χ2v) is 7.00. The van der Waals surface area contributed by atoms with Gasteiger partial charge in [0.2, 0.25) is 0 Å². The molecule has 138 valence electrons. The van der Waals surface area contributed by atoms with E-state index in [0.717, 1.165) is 25.1 Å². The Hall–Kier alpha value is -2.40. The molecule has 1 saturated heterocycles. The van der Waals surface area contributed by atoms with Crippen LogP contribution in [-0.2, 0) is 9.53 Å². The Balaban J connectivity index is 1.78. The molecule has 5 heteroatoms. The zero-order valence-corrected chi connectivity index (χ0v) is 15.2. The molecule has 1 N–H and O–H groups in total. The van der Waals surface area contributed by atoms with Crippen molar-refractivity contribution in [2.45, 2.75) is 25.5 Å². The zero-order valence-electron chi connectivity index (χ0n) is 15.2. The van der Waals surface area contributed by atoms with Crippen LogP contribution in [0.25, 0.3) is 0 Å². The third-order valence-corrected chi connectivity index (χ3v) is 4.88. The Kier molecular flexibility index (Phi) is 5.89. The van der Waals surface area contributed by atoms with Crippen LogP contribution in [-0.4, -0.2) is 37.1 Å². The van der Waals surface area contributed by atoms with E-state index >= 15 is 0 Å². The molecule has 1 aliphatic heterocycles. The summed E-state index contributed by atoms with van der Waals surface area (Å²) in [5, 5.41) is 3.18. The monoisotopic (exact) mass is 356 g/mol. The molecule has 3 rings (SSSR count). The summed E-state index contributed by atoms with van der Waals surface area (Å²) in [7, 11) is 2.04. The number of anilines is 1. The first-order valence-electron chi connectivity index (χ1n) is 8.99. The second-order valence-electron chi connectivity index (χ2n) is 7.00. The number of esters is 1. The first-order valence-corrected chi connectivity index (χ1v) is 8.99. The maximum Gasteiger partial charge on any atom is 0.333 e. The summed E-state index contributed by atoms with van der Waals surface area (Å²) in [5.41, 5.74) is 1.49. The molecule has 1 unspecified atom stereocenters. The highest BCUT2D eigenvalue weighted by atomic mass is 19.1. The second kappa shape index (κ2) is 8.32. The van der Waals surface area contributed by atoms with Crippen LogP contribution in [0, 0.1) is 11.7 Å². The van der Waals surface area contributed by atoms with Gasteiger partial charge in [0, 0.05) is 12.2 Å². The average molecular weight is 356 g/mol. The van der Waals surface area contributed by atoms with Gasteiger partial charge >= 0.3 is 5.97 Å². The van der Waals surface area contributed by atoms with Gasteiger partial charge in [-0.3, -0.25) is 0 Å². The first-order chi connectivity index (χ1) is 12.5. The van der Waals surface area contributed by atoms with Crippen molar-refractivity contribution >= 4 is 11.7 Å². The van der Waals surface area contributed by atoms with Gasteiger partial charge in [0.15, 0.2) is 6.04 Å². The third-order valence-electron chi connectivity index (χ3n) is 4.88. The van der Waals surface area contributed by atoms with Crippen LogP contribution < -0.4 is 5.32 Å². The van der Waals surface area contributed by atoms with Crippen molar-refractivity contribution in [1.29, 1.82) is 0 Å². The van der Waals surface area contributed by atoms with E-state index in [2.05, 4.69) is 17.1 Å². The summed E-state index contributed by atoms with van der Waals surface area (Å²) in [6.07, 6.45) is 0.887. The fourth-order valence-electron chi connectivity index (χ4n) is 3.20. The molecule has 0 saturated carbocycles. The molecule has 4 nitrogen and oxygen atoms in total. The highest BCUT2D eigenvalue weighted by Gasteiger charge is 2.31. The lowest BCUT2D eigenvalue weighted by molar-refractivity contribution is -0.155. The molecule has 1 heterocycles. The molecule has 0 spiro atoms. The minimum Gasteiger partial charge on any atom is -0.459 e. The number of rotatable bonds is 5. The molecule has 0 bridgehead atoms. The number of benzene rings is 2.